The van der Waals surface area contributed by atoms with Crippen LogP contribution < -0.4 is 10.6 Å². The molecule has 6 heteroatoms. The molecule has 0 spiro atoms. The van der Waals surface area contributed by atoms with Crippen LogP contribution in [0.4, 0.5) is 4.79 Å². The Morgan fingerprint density at radius 3 is 2.91 bits per heavy atom. The first-order chi connectivity index (χ1) is 10.7. The molecule has 118 valence electrons. The zero-order valence-electron chi connectivity index (χ0n) is 12.6. The summed E-state index contributed by atoms with van der Waals surface area (Å²) in [6.07, 6.45) is 6.41. The molecule has 3 rings (SSSR count). The van der Waals surface area contributed by atoms with Crippen LogP contribution in [0.3, 0.4) is 0 Å². The van der Waals surface area contributed by atoms with E-state index in [2.05, 4.69) is 15.6 Å². The number of carbonyl (C=O) groups excluding carboxylic acids is 2. The summed E-state index contributed by atoms with van der Waals surface area (Å²) in [5.74, 6) is -0.0700. The Hall–Kier alpha value is -2.11. The molecule has 22 heavy (non-hydrogen) atoms. The van der Waals surface area contributed by atoms with E-state index in [1.165, 1.54) is 0 Å². The van der Waals surface area contributed by atoms with Gasteiger partial charge in [0.05, 0.1) is 12.2 Å². The molecule has 1 aliphatic carbocycles. The summed E-state index contributed by atoms with van der Waals surface area (Å²) in [5.41, 5.74) is 0.870. The standard InChI is InChI=1S/C16H22N4O2/c21-15-14(6-2-4-10-18-15)19-16(22)20(13-7-8-13)11-12-5-1-3-9-17-12/h1,3,5,9,13-14H,2,4,6-8,10-11H2,(H,18,21)(H,19,22)/t14-/m0/s1. The highest BCUT2D eigenvalue weighted by atomic mass is 16.2. The molecule has 0 bridgehead atoms. The summed E-state index contributed by atoms with van der Waals surface area (Å²) in [4.78, 5) is 30.6. The van der Waals surface area contributed by atoms with Crippen molar-refractivity contribution >= 4 is 11.9 Å². The zero-order valence-corrected chi connectivity index (χ0v) is 12.6. The van der Waals surface area contributed by atoms with E-state index in [1.807, 2.05) is 18.2 Å². The van der Waals surface area contributed by atoms with E-state index < -0.39 is 6.04 Å². The second-order valence-corrected chi connectivity index (χ2v) is 5.97. The normalized spacial score (nSPS) is 21.6. The van der Waals surface area contributed by atoms with Gasteiger partial charge >= 0.3 is 6.03 Å². The van der Waals surface area contributed by atoms with Crippen LogP contribution in [-0.2, 0) is 11.3 Å². The Bertz CT molecular complexity index is 530. The number of urea groups is 1. The van der Waals surface area contributed by atoms with E-state index in [-0.39, 0.29) is 18.0 Å². The van der Waals surface area contributed by atoms with Gasteiger partial charge in [-0.1, -0.05) is 6.07 Å². The van der Waals surface area contributed by atoms with Crippen molar-refractivity contribution in [3.05, 3.63) is 30.1 Å². The van der Waals surface area contributed by atoms with Crippen LogP contribution in [0.15, 0.2) is 24.4 Å². The van der Waals surface area contributed by atoms with E-state index in [9.17, 15) is 9.59 Å². The number of pyridine rings is 1. The average Bonchev–Trinajstić information content (AvgIpc) is 3.36. The molecule has 2 aliphatic rings. The van der Waals surface area contributed by atoms with Crippen molar-refractivity contribution in [2.45, 2.75) is 50.7 Å². The predicted octanol–water partition coefficient (Wildman–Crippen LogP) is 1.42. The van der Waals surface area contributed by atoms with Gasteiger partial charge in [0.15, 0.2) is 0 Å². The monoisotopic (exact) mass is 302 g/mol. The van der Waals surface area contributed by atoms with Gasteiger partial charge in [-0.2, -0.15) is 0 Å². The first-order valence-corrected chi connectivity index (χ1v) is 7.99. The van der Waals surface area contributed by atoms with Crippen LogP contribution in [0, 0.1) is 0 Å². The molecular formula is C16H22N4O2. The summed E-state index contributed by atoms with van der Waals surface area (Å²) < 4.78 is 0. The van der Waals surface area contributed by atoms with Crippen molar-refractivity contribution < 1.29 is 9.59 Å². The Kier molecular flexibility index (Phi) is 4.56. The summed E-state index contributed by atoms with van der Waals surface area (Å²) >= 11 is 0. The minimum atomic E-state index is -0.417. The van der Waals surface area contributed by atoms with Crippen LogP contribution >= 0.6 is 0 Å². The second kappa shape index (κ2) is 6.77. The van der Waals surface area contributed by atoms with Gasteiger partial charge in [0.25, 0.3) is 0 Å². The fourth-order valence-corrected chi connectivity index (χ4v) is 2.73. The van der Waals surface area contributed by atoms with Crippen molar-refractivity contribution in [1.82, 2.24) is 20.5 Å². The molecule has 1 aromatic rings. The second-order valence-electron chi connectivity index (χ2n) is 5.97. The lowest BCUT2D eigenvalue weighted by Gasteiger charge is -2.25. The van der Waals surface area contributed by atoms with Gasteiger partial charge in [-0.3, -0.25) is 9.78 Å². The number of nitrogens with one attached hydrogen (secondary N) is 2. The molecule has 1 aromatic heterocycles. The predicted molar refractivity (Wildman–Crippen MR) is 82.0 cm³/mol. The van der Waals surface area contributed by atoms with Crippen LogP contribution in [-0.4, -0.2) is 40.5 Å². The molecule has 0 unspecified atom stereocenters. The van der Waals surface area contributed by atoms with Gasteiger partial charge in [-0.15, -0.1) is 0 Å². The lowest BCUT2D eigenvalue weighted by Crippen LogP contribution is -2.50. The van der Waals surface area contributed by atoms with Crippen molar-refractivity contribution in [2.24, 2.45) is 0 Å². The van der Waals surface area contributed by atoms with Crippen LogP contribution in [0.1, 0.15) is 37.8 Å². The molecular weight excluding hydrogens is 280 g/mol. The molecule has 0 radical (unpaired) electrons. The lowest BCUT2D eigenvalue weighted by molar-refractivity contribution is -0.122. The van der Waals surface area contributed by atoms with Crippen molar-refractivity contribution in [3.63, 3.8) is 0 Å². The van der Waals surface area contributed by atoms with E-state index in [0.29, 0.717) is 19.5 Å². The molecule has 3 amide bonds. The van der Waals surface area contributed by atoms with Crippen molar-refractivity contribution in [3.8, 4) is 0 Å². The maximum Gasteiger partial charge on any atom is 0.318 e. The number of hydrogen-bond donors (Lipinski definition) is 2. The summed E-state index contributed by atoms with van der Waals surface area (Å²) in [6, 6.07) is 5.40. The fourth-order valence-electron chi connectivity index (χ4n) is 2.73. The third-order valence-corrected chi connectivity index (χ3v) is 4.14. The highest BCUT2D eigenvalue weighted by Gasteiger charge is 2.34. The van der Waals surface area contributed by atoms with Crippen LogP contribution in [0.2, 0.25) is 0 Å². The topological polar surface area (TPSA) is 74.3 Å². The van der Waals surface area contributed by atoms with Gasteiger partial charge in [-0.25, -0.2) is 4.79 Å². The van der Waals surface area contributed by atoms with Gasteiger partial charge in [0.1, 0.15) is 6.04 Å². The minimum absolute atomic E-state index is 0.0700. The minimum Gasteiger partial charge on any atom is -0.354 e. The summed E-state index contributed by atoms with van der Waals surface area (Å²) in [5, 5.41) is 5.75. The maximum atomic E-state index is 12.6. The number of aromatic nitrogens is 1. The highest BCUT2D eigenvalue weighted by molar-refractivity contribution is 5.87. The molecule has 1 aliphatic heterocycles. The molecule has 0 aromatic carbocycles. The number of amides is 3. The summed E-state index contributed by atoms with van der Waals surface area (Å²) in [7, 11) is 0. The van der Waals surface area contributed by atoms with Gasteiger partial charge in [-0.05, 0) is 44.2 Å². The van der Waals surface area contributed by atoms with E-state index in [0.717, 1.165) is 31.4 Å². The Balaban J connectivity index is 1.63. The molecule has 2 heterocycles. The third-order valence-electron chi connectivity index (χ3n) is 4.14. The van der Waals surface area contributed by atoms with E-state index in [4.69, 9.17) is 0 Å². The Labute approximate surface area is 130 Å². The Morgan fingerprint density at radius 2 is 2.18 bits per heavy atom. The fraction of sp³-hybridized carbons (Fsp3) is 0.562. The number of rotatable bonds is 4. The van der Waals surface area contributed by atoms with Gasteiger partial charge in [0.2, 0.25) is 5.91 Å². The van der Waals surface area contributed by atoms with Crippen molar-refractivity contribution in [2.75, 3.05) is 6.54 Å². The molecule has 2 fully saturated rings. The first-order valence-electron chi connectivity index (χ1n) is 7.99. The largest absolute Gasteiger partial charge is 0.354 e. The smallest absolute Gasteiger partial charge is 0.318 e. The average molecular weight is 302 g/mol. The SMILES string of the molecule is O=C1NCCCC[C@@H]1NC(=O)N(Cc1ccccn1)C1CC1. The molecule has 1 saturated heterocycles. The number of carbonyl (C=O) groups is 2. The van der Waals surface area contributed by atoms with Gasteiger partial charge < -0.3 is 15.5 Å². The highest BCUT2D eigenvalue weighted by Crippen LogP contribution is 2.28. The third kappa shape index (κ3) is 3.75. The molecule has 2 N–H and O–H groups in total. The van der Waals surface area contributed by atoms with Crippen molar-refractivity contribution in [1.29, 1.82) is 0 Å². The van der Waals surface area contributed by atoms with Crippen LogP contribution in [0.5, 0.6) is 0 Å². The first kappa shape index (κ1) is 14.8. The summed E-state index contributed by atoms with van der Waals surface area (Å²) in [6.45, 7) is 1.19. The lowest BCUT2D eigenvalue weighted by atomic mass is 10.1. The Morgan fingerprint density at radius 1 is 1.32 bits per heavy atom. The van der Waals surface area contributed by atoms with Crippen LogP contribution in [0.25, 0.3) is 0 Å². The number of nitrogens with zero attached hydrogens (tertiary/aromatic N) is 2. The van der Waals surface area contributed by atoms with Gasteiger partial charge in [0, 0.05) is 18.8 Å². The molecule has 1 atom stereocenters. The maximum absolute atomic E-state index is 12.6. The quantitative estimate of drug-likeness (QED) is 0.883. The zero-order chi connectivity index (χ0) is 15.4. The molecule has 1 saturated carbocycles. The van der Waals surface area contributed by atoms with E-state index >= 15 is 0 Å². The molecule has 6 nitrogen and oxygen atoms in total. The number of hydrogen-bond acceptors (Lipinski definition) is 3. The van der Waals surface area contributed by atoms with E-state index in [1.54, 1.807) is 11.1 Å².